The second-order valence-electron chi connectivity index (χ2n) is 5.70. The average Bonchev–Trinajstić information content (AvgIpc) is 2.75. The molecule has 3 nitrogen and oxygen atoms in total. The Bertz CT molecular complexity index is 214. The van der Waals surface area contributed by atoms with E-state index in [2.05, 4.69) is 12.2 Å². The standard InChI is InChI=1S/C13H26N2O/c1-13(7-3-2-4-8-13)15-10-12-6-5-11(9-14)16-12/h11-12,15H,2-10,14H2,1H3. The van der Waals surface area contributed by atoms with Gasteiger partial charge >= 0.3 is 0 Å². The van der Waals surface area contributed by atoms with E-state index in [1.165, 1.54) is 38.5 Å². The molecule has 2 rings (SSSR count). The zero-order valence-corrected chi connectivity index (χ0v) is 10.5. The molecule has 0 aromatic carbocycles. The van der Waals surface area contributed by atoms with E-state index in [1.54, 1.807) is 0 Å². The van der Waals surface area contributed by atoms with Crippen LogP contribution in [-0.4, -0.2) is 30.8 Å². The highest BCUT2D eigenvalue weighted by Crippen LogP contribution is 2.28. The van der Waals surface area contributed by atoms with E-state index in [-0.39, 0.29) is 0 Å². The maximum Gasteiger partial charge on any atom is 0.0705 e. The third-order valence-electron chi connectivity index (χ3n) is 4.17. The van der Waals surface area contributed by atoms with E-state index in [9.17, 15) is 0 Å². The first kappa shape index (κ1) is 12.3. The van der Waals surface area contributed by atoms with Crippen LogP contribution in [0.1, 0.15) is 51.9 Å². The summed E-state index contributed by atoms with van der Waals surface area (Å²) in [5, 5.41) is 3.72. The molecular weight excluding hydrogens is 200 g/mol. The summed E-state index contributed by atoms with van der Waals surface area (Å²) in [6.07, 6.45) is 9.82. The molecule has 2 atom stereocenters. The summed E-state index contributed by atoms with van der Waals surface area (Å²) in [7, 11) is 0. The first-order valence-electron chi connectivity index (χ1n) is 6.82. The van der Waals surface area contributed by atoms with Gasteiger partial charge in [0.1, 0.15) is 0 Å². The summed E-state index contributed by atoms with van der Waals surface area (Å²) in [5.74, 6) is 0. The number of hydrogen-bond acceptors (Lipinski definition) is 3. The second kappa shape index (κ2) is 5.48. The van der Waals surface area contributed by atoms with Crippen molar-refractivity contribution in [2.45, 2.75) is 69.6 Å². The van der Waals surface area contributed by atoms with Gasteiger partial charge in [0.15, 0.2) is 0 Å². The van der Waals surface area contributed by atoms with E-state index < -0.39 is 0 Å². The van der Waals surface area contributed by atoms with Gasteiger partial charge in [0.25, 0.3) is 0 Å². The lowest BCUT2D eigenvalue weighted by Crippen LogP contribution is -2.47. The van der Waals surface area contributed by atoms with Crippen LogP contribution in [0.2, 0.25) is 0 Å². The highest BCUT2D eigenvalue weighted by Gasteiger charge is 2.29. The van der Waals surface area contributed by atoms with Gasteiger partial charge in [-0.3, -0.25) is 0 Å². The molecule has 2 fully saturated rings. The summed E-state index contributed by atoms with van der Waals surface area (Å²) < 4.78 is 5.86. The van der Waals surface area contributed by atoms with Gasteiger partial charge in [-0.2, -0.15) is 0 Å². The Hall–Kier alpha value is -0.120. The average molecular weight is 226 g/mol. The van der Waals surface area contributed by atoms with Crippen LogP contribution in [-0.2, 0) is 4.74 Å². The van der Waals surface area contributed by atoms with Crippen molar-refractivity contribution in [3.05, 3.63) is 0 Å². The van der Waals surface area contributed by atoms with Crippen molar-refractivity contribution < 1.29 is 4.74 Å². The van der Waals surface area contributed by atoms with E-state index in [1.807, 2.05) is 0 Å². The Balaban J connectivity index is 1.70. The molecule has 3 heteroatoms. The van der Waals surface area contributed by atoms with Gasteiger partial charge < -0.3 is 15.8 Å². The van der Waals surface area contributed by atoms with Crippen molar-refractivity contribution in [1.82, 2.24) is 5.32 Å². The predicted molar refractivity (Wildman–Crippen MR) is 66.4 cm³/mol. The molecule has 1 aliphatic carbocycles. The highest BCUT2D eigenvalue weighted by atomic mass is 16.5. The Labute approximate surface area is 99.1 Å². The van der Waals surface area contributed by atoms with Gasteiger partial charge in [-0.05, 0) is 32.6 Å². The number of nitrogens with one attached hydrogen (secondary N) is 1. The number of ether oxygens (including phenoxy) is 1. The topological polar surface area (TPSA) is 47.3 Å². The molecule has 0 spiro atoms. The van der Waals surface area contributed by atoms with E-state index in [0.717, 1.165) is 13.0 Å². The highest BCUT2D eigenvalue weighted by molar-refractivity contribution is 4.88. The third-order valence-corrected chi connectivity index (χ3v) is 4.17. The summed E-state index contributed by atoms with van der Waals surface area (Å²) in [6.45, 7) is 4.04. The van der Waals surface area contributed by atoms with Crippen LogP contribution in [0.4, 0.5) is 0 Å². The van der Waals surface area contributed by atoms with E-state index >= 15 is 0 Å². The SMILES string of the molecule is CC1(NCC2CCC(CN)O2)CCCCC1. The molecule has 3 N–H and O–H groups in total. The summed E-state index contributed by atoms with van der Waals surface area (Å²) in [5.41, 5.74) is 5.98. The van der Waals surface area contributed by atoms with Gasteiger partial charge in [0, 0.05) is 18.6 Å². The Morgan fingerprint density at radius 3 is 2.50 bits per heavy atom. The molecule has 0 radical (unpaired) electrons. The van der Waals surface area contributed by atoms with Crippen LogP contribution in [0.25, 0.3) is 0 Å². The zero-order chi connectivity index (χ0) is 11.4. The monoisotopic (exact) mass is 226 g/mol. The summed E-state index contributed by atoms with van der Waals surface area (Å²) >= 11 is 0. The minimum Gasteiger partial charge on any atom is -0.372 e. The number of nitrogens with two attached hydrogens (primary N) is 1. The molecular formula is C13H26N2O. The van der Waals surface area contributed by atoms with Crippen LogP contribution >= 0.6 is 0 Å². The van der Waals surface area contributed by atoms with Gasteiger partial charge in [-0.25, -0.2) is 0 Å². The third kappa shape index (κ3) is 3.19. The van der Waals surface area contributed by atoms with Gasteiger partial charge in [0.2, 0.25) is 0 Å². The Morgan fingerprint density at radius 1 is 1.19 bits per heavy atom. The van der Waals surface area contributed by atoms with Gasteiger partial charge in [-0.1, -0.05) is 19.3 Å². The normalized spacial score (nSPS) is 34.1. The lowest BCUT2D eigenvalue weighted by atomic mass is 9.83. The van der Waals surface area contributed by atoms with Crippen LogP contribution < -0.4 is 11.1 Å². The van der Waals surface area contributed by atoms with Crippen molar-refractivity contribution in [1.29, 1.82) is 0 Å². The van der Waals surface area contributed by atoms with Crippen molar-refractivity contribution in [2.24, 2.45) is 5.73 Å². The fraction of sp³-hybridized carbons (Fsp3) is 1.00. The molecule has 1 aliphatic heterocycles. The quantitative estimate of drug-likeness (QED) is 0.768. The molecule has 1 saturated heterocycles. The van der Waals surface area contributed by atoms with Crippen molar-refractivity contribution in [3.63, 3.8) is 0 Å². The van der Waals surface area contributed by atoms with Crippen LogP contribution in [0, 0.1) is 0 Å². The minimum absolute atomic E-state index is 0.311. The van der Waals surface area contributed by atoms with Crippen molar-refractivity contribution in [2.75, 3.05) is 13.1 Å². The van der Waals surface area contributed by atoms with Gasteiger partial charge in [-0.15, -0.1) is 0 Å². The maximum atomic E-state index is 5.86. The predicted octanol–water partition coefficient (Wildman–Crippen LogP) is 1.81. The van der Waals surface area contributed by atoms with E-state index in [0.29, 0.717) is 24.3 Å². The largest absolute Gasteiger partial charge is 0.372 e. The summed E-state index contributed by atoms with van der Waals surface area (Å²) in [4.78, 5) is 0. The lowest BCUT2D eigenvalue weighted by molar-refractivity contribution is 0.0438. The minimum atomic E-state index is 0.311. The molecule has 1 heterocycles. The molecule has 94 valence electrons. The lowest BCUT2D eigenvalue weighted by Gasteiger charge is -2.35. The van der Waals surface area contributed by atoms with Crippen molar-refractivity contribution in [3.8, 4) is 0 Å². The number of rotatable bonds is 4. The molecule has 0 amide bonds. The molecule has 0 bridgehead atoms. The fourth-order valence-electron chi connectivity index (χ4n) is 2.97. The zero-order valence-electron chi connectivity index (χ0n) is 10.5. The maximum absolute atomic E-state index is 5.86. The second-order valence-corrected chi connectivity index (χ2v) is 5.70. The smallest absolute Gasteiger partial charge is 0.0705 e. The Morgan fingerprint density at radius 2 is 1.88 bits per heavy atom. The van der Waals surface area contributed by atoms with Crippen LogP contribution in [0.3, 0.4) is 0 Å². The molecule has 2 aliphatic rings. The van der Waals surface area contributed by atoms with Gasteiger partial charge in [0.05, 0.1) is 12.2 Å². The van der Waals surface area contributed by atoms with E-state index in [4.69, 9.17) is 10.5 Å². The van der Waals surface area contributed by atoms with Crippen LogP contribution in [0.5, 0.6) is 0 Å². The first-order valence-corrected chi connectivity index (χ1v) is 6.82. The molecule has 0 aromatic rings. The molecule has 1 saturated carbocycles. The molecule has 2 unspecified atom stereocenters. The molecule has 16 heavy (non-hydrogen) atoms. The summed E-state index contributed by atoms with van der Waals surface area (Å²) in [6, 6.07) is 0. The number of hydrogen-bond donors (Lipinski definition) is 2. The Kier molecular flexibility index (Phi) is 4.22. The molecule has 0 aromatic heterocycles. The fourth-order valence-corrected chi connectivity index (χ4v) is 2.97. The van der Waals surface area contributed by atoms with Crippen LogP contribution in [0.15, 0.2) is 0 Å². The first-order chi connectivity index (χ1) is 7.72. The van der Waals surface area contributed by atoms with Crippen molar-refractivity contribution >= 4 is 0 Å².